The van der Waals surface area contributed by atoms with Gasteiger partial charge in [0.25, 0.3) is 0 Å². The lowest BCUT2D eigenvalue weighted by Crippen LogP contribution is -2.09. The highest BCUT2D eigenvalue weighted by molar-refractivity contribution is 5.72. The van der Waals surface area contributed by atoms with Crippen molar-refractivity contribution in [3.63, 3.8) is 0 Å². The van der Waals surface area contributed by atoms with E-state index in [2.05, 4.69) is 6.92 Å². The van der Waals surface area contributed by atoms with Crippen LogP contribution in [0.1, 0.15) is 88.7 Å². The van der Waals surface area contributed by atoms with Crippen molar-refractivity contribution < 1.29 is 19.1 Å². The number of benzene rings is 1. The summed E-state index contributed by atoms with van der Waals surface area (Å²) in [4.78, 5) is 23.5. The van der Waals surface area contributed by atoms with Gasteiger partial charge in [-0.15, -0.1) is 0 Å². The van der Waals surface area contributed by atoms with Crippen molar-refractivity contribution >= 4 is 11.9 Å². The Bertz CT molecular complexity index is 565. The summed E-state index contributed by atoms with van der Waals surface area (Å²) in [5.41, 5.74) is 2.27. The van der Waals surface area contributed by atoms with E-state index in [9.17, 15) is 9.59 Å². The number of carbonyl (C=O) groups excluding carboxylic acids is 2. The maximum Gasteiger partial charge on any atom is 0.311 e. The maximum absolute atomic E-state index is 11.9. The number of carbonyl (C=O) groups is 2. The molecule has 0 aliphatic carbocycles. The molecule has 1 rings (SSSR count). The molecule has 0 saturated carbocycles. The molecule has 0 N–H and O–H groups in total. The van der Waals surface area contributed by atoms with Crippen LogP contribution in [0.15, 0.2) is 18.2 Å². The van der Waals surface area contributed by atoms with E-state index in [1.165, 1.54) is 37.7 Å². The number of ether oxygens (including phenoxy) is 2. The van der Waals surface area contributed by atoms with Crippen molar-refractivity contribution in [1.29, 1.82) is 0 Å². The Hall–Kier alpha value is -1.84. The lowest BCUT2D eigenvalue weighted by Gasteiger charge is -2.07. The minimum absolute atomic E-state index is 0.163. The number of aryl methyl sites for hydroxylation is 2. The molecule has 152 valence electrons. The first-order valence-electron chi connectivity index (χ1n) is 10.5. The van der Waals surface area contributed by atoms with Gasteiger partial charge in [0.15, 0.2) is 0 Å². The summed E-state index contributed by atoms with van der Waals surface area (Å²) >= 11 is 0. The Kier molecular flexibility index (Phi) is 12.2. The molecular formula is C23H36O4. The molecular weight excluding hydrogens is 340 g/mol. The molecule has 4 heteroatoms. The summed E-state index contributed by atoms with van der Waals surface area (Å²) in [6, 6.07) is 5.62. The Morgan fingerprint density at radius 2 is 1.41 bits per heavy atom. The molecule has 0 atom stereocenters. The molecule has 0 bridgehead atoms. The lowest BCUT2D eigenvalue weighted by atomic mass is 10.1. The van der Waals surface area contributed by atoms with Gasteiger partial charge in [-0.1, -0.05) is 51.5 Å². The molecule has 0 aliphatic rings. The minimum Gasteiger partial charge on any atom is -0.466 e. The van der Waals surface area contributed by atoms with Crippen LogP contribution in [0.5, 0.6) is 5.75 Å². The molecule has 0 spiro atoms. The van der Waals surface area contributed by atoms with Gasteiger partial charge < -0.3 is 9.47 Å². The quantitative estimate of drug-likeness (QED) is 0.225. The van der Waals surface area contributed by atoms with Crippen LogP contribution in [-0.4, -0.2) is 18.5 Å². The molecule has 0 aliphatic heterocycles. The van der Waals surface area contributed by atoms with Crippen LogP contribution in [0.25, 0.3) is 0 Å². The van der Waals surface area contributed by atoms with E-state index in [4.69, 9.17) is 9.47 Å². The summed E-state index contributed by atoms with van der Waals surface area (Å²) in [5, 5.41) is 0. The number of hydrogen-bond donors (Lipinski definition) is 0. The number of rotatable bonds is 14. The Balaban J connectivity index is 2.01. The van der Waals surface area contributed by atoms with Crippen LogP contribution in [0, 0.1) is 13.8 Å². The highest BCUT2D eigenvalue weighted by Gasteiger charge is 2.08. The highest BCUT2D eigenvalue weighted by Crippen LogP contribution is 2.17. The molecule has 0 amide bonds. The zero-order valence-electron chi connectivity index (χ0n) is 17.4. The van der Waals surface area contributed by atoms with E-state index in [1.54, 1.807) is 6.07 Å². The van der Waals surface area contributed by atoms with Gasteiger partial charge in [0.1, 0.15) is 5.75 Å². The first-order chi connectivity index (χ1) is 13.0. The van der Waals surface area contributed by atoms with Gasteiger partial charge in [0.2, 0.25) is 0 Å². The van der Waals surface area contributed by atoms with Crippen LogP contribution in [0.2, 0.25) is 0 Å². The molecule has 0 heterocycles. The number of esters is 2. The molecule has 27 heavy (non-hydrogen) atoms. The third kappa shape index (κ3) is 11.5. The lowest BCUT2D eigenvalue weighted by molar-refractivity contribution is -0.144. The van der Waals surface area contributed by atoms with Crippen LogP contribution in [0.3, 0.4) is 0 Å². The standard InChI is InChI=1S/C23H36O4/c1-4-5-6-7-8-9-12-17-26-22(24)13-10-11-14-23(25)27-21-16-15-19(2)20(3)18-21/h15-16,18H,4-14,17H2,1-3H3. The van der Waals surface area contributed by atoms with E-state index in [0.717, 1.165) is 18.4 Å². The molecule has 1 aromatic rings. The van der Waals surface area contributed by atoms with Crippen LogP contribution < -0.4 is 4.74 Å². The van der Waals surface area contributed by atoms with Crippen LogP contribution >= 0.6 is 0 Å². The van der Waals surface area contributed by atoms with E-state index in [-0.39, 0.29) is 11.9 Å². The fourth-order valence-electron chi connectivity index (χ4n) is 2.82. The van der Waals surface area contributed by atoms with Crippen molar-refractivity contribution in [2.24, 2.45) is 0 Å². The fraction of sp³-hybridized carbons (Fsp3) is 0.652. The van der Waals surface area contributed by atoms with Crippen LogP contribution in [-0.2, 0) is 14.3 Å². The predicted octanol–water partition coefficient (Wildman–Crippen LogP) is 6.06. The number of unbranched alkanes of at least 4 members (excludes halogenated alkanes) is 7. The largest absolute Gasteiger partial charge is 0.466 e. The molecule has 0 radical (unpaired) electrons. The Labute approximate surface area is 164 Å². The Morgan fingerprint density at radius 3 is 2.07 bits per heavy atom. The van der Waals surface area contributed by atoms with E-state index < -0.39 is 0 Å². The van der Waals surface area contributed by atoms with Crippen molar-refractivity contribution in [2.75, 3.05) is 6.61 Å². The third-order valence-electron chi connectivity index (χ3n) is 4.73. The Morgan fingerprint density at radius 1 is 0.778 bits per heavy atom. The summed E-state index contributed by atoms with van der Waals surface area (Å²) in [6.45, 7) is 6.74. The topological polar surface area (TPSA) is 52.6 Å². The monoisotopic (exact) mass is 376 g/mol. The first kappa shape index (κ1) is 23.2. The van der Waals surface area contributed by atoms with Gasteiger partial charge in [-0.3, -0.25) is 9.59 Å². The van der Waals surface area contributed by atoms with Gasteiger partial charge in [0.05, 0.1) is 6.61 Å². The second-order valence-corrected chi connectivity index (χ2v) is 7.27. The van der Waals surface area contributed by atoms with Crippen molar-refractivity contribution in [1.82, 2.24) is 0 Å². The van der Waals surface area contributed by atoms with Gasteiger partial charge in [-0.05, 0) is 56.4 Å². The molecule has 4 nitrogen and oxygen atoms in total. The zero-order valence-corrected chi connectivity index (χ0v) is 17.4. The van der Waals surface area contributed by atoms with Gasteiger partial charge in [0, 0.05) is 12.8 Å². The van der Waals surface area contributed by atoms with E-state index in [0.29, 0.717) is 38.0 Å². The molecule has 0 unspecified atom stereocenters. The average molecular weight is 377 g/mol. The van der Waals surface area contributed by atoms with Crippen LogP contribution in [0.4, 0.5) is 0 Å². The first-order valence-corrected chi connectivity index (χ1v) is 10.5. The highest BCUT2D eigenvalue weighted by atomic mass is 16.5. The fourth-order valence-corrected chi connectivity index (χ4v) is 2.82. The van der Waals surface area contributed by atoms with Crippen molar-refractivity contribution in [3.8, 4) is 5.75 Å². The third-order valence-corrected chi connectivity index (χ3v) is 4.73. The molecule has 0 aromatic heterocycles. The van der Waals surface area contributed by atoms with Gasteiger partial charge in [-0.2, -0.15) is 0 Å². The summed E-state index contributed by atoms with van der Waals surface area (Å²) in [6.07, 6.45) is 10.4. The van der Waals surface area contributed by atoms with Gasteiger partial charge >= 0.3 is 11.9 Å². The van der Waals surface area contributed by atoms with E-state index >= 15 is 0 Å². The molecule has 0 saturated heterocycles. The van der Waals surface area contributed by atoms with Gasteiger partial charge in [-0.25, -0.2) is 0 Å². The van der Waals surface area contributed by atoms with E-state index in [1.807, 2.05) is 26.0 Å². The molecule has 0 fully saturated rings. The maximum atomic E-state index is 11.9. The SMILES string of the molecule is CCCCCCCCCOC(=O)CCCCC(=O)Oc1ccc(C)c(C)c1. The summed E-state index contributed by atoms with van der Waals surface area (Å²) in [7, 11) is 0. The summed E-state index contributed by atoms with van der Waals surface area (Å²) in [5.74, 6) is 0.162. The second kappa shape index (κ2) is 14.2. The smallest absolute Gasteiger partial charge is 0.311 e. The summed E-state index contributed by atoms with van der Waals surface area (Å²) < 4.78 is 10.6. The zero-order chi connectivity index (χ0) is 19.9. The van der Waals surface area contributed by atoms with Crippen molar-refractivity contribution in [3.05, 3.63) is 29.3 Å². The minimum atomic E-state index is -0.255. The normalized spacial score (nSPS) is 10.6. The average Bonchev–Trinajstić information content (AvgIpc) is 2.64. The number of hydrogen-bond acceptors (Lipinski definition) is 4. The molecule has 1 aromatic carbocycles. The van der Waals surface area contributed by atoms with Crippen molar-refractivity contribution in [2.45, 2.75) is 91.4 Å². The predicted molar refractivity (Wildman–Crippen MR) is 109 cm³/mol. The second-order valence-electron chi connectivity index (χ2n) is 7.27.